The minimum absolute atomic E-state index is 0.0324. The molecule has 0 atom stereocenters. The average Bonchev–Trinajstić information content (AvgIpc) is 3.09. The van der Waals surface area contributed by atoms with Crippen LogP contribution in [0.1, 0.15) is 5.89 Å². The summed E-state index contributed by atoms with van der Waals surface area (Å²) in [4.78, 5) is 36.6. The Morgan fingerprint density at radius 2 is 2.07 bits per heavy atom. The van der Waals surface area contributed by atoms with E-state index in [9.17, 15) is 18.8 Å². The van der Waals surface area contributed by atoms with Crippen LogP contribution in [-0.4, -0.2) is 31.4 Å². The van der Waals surface area contributed by atoms with E-state index < -0.39 is 23.0 Å². The highest BCUT2D eigenvalue weighted by Gasteiger charge is 2.11. The van der Waals surface area contributed by atoms with Gasteiger partial charge < -0.3 is 14.3 Å². The molecule has 2 aromatic heterocycles. The van der Waals surface area contributed by atoms with Gasteiger partial charge in [-0.15, -0.1) is 10.2 Å². The molecule has 0 fully saturated rings. The number of amides is 1. The number of halogens is 1. The first-order valence-corrected chi connectivity index (χ1v) is 8.79. The first kappa shape index (κ1) is 18.6. The van der Waals surface area contributed by atoms with Crippen LogP contribution in [0.15, 0.2) is 55.8 Å². The number of para-hydroxylation sites is 1. The number of hydrogen-bond acceptors (Lipinski definition) is 7. The molecule has 27 heavy (non-hydrogen) atoms. The number of aromatic amines is 1. The summed E-state index contributed by atoms with van der Waals surface area (Å²) in [5.74, 6) is -0.682. The standard InChI is InChI=1S/C16H14FN5O4S/c17-10-3-1-2-4-11(10)18-13(24)9-27-16-21-20-14(26-16)6-8-22-7-5-12(23)19-15(22)25/h1-5,7H,6,8-9H2,(H,18,24)(H,19,23,25). The first-order chi connectivity index (χ1) is 13.0. The molecule has 0 bridgehead atoms. The van der Waals surface area contributed by atoms with Gasteiger partial charge in [0.15, 0.2) is 0 Å². The van der Waals surface area contributed by atoms with Crippen LogP contribution in [0.4, 0.5) is 10.1 Å². The molecule has 140 valence electrons. The molecule has 2 N–H and O–H groups in total. The molecule has 1 aromatic carbocycles. The van der Waals surface area contributed by atoms with Crippen LogP contribution in [-0.2, 0) is 17.8 Å². The van der Waals surface area contributed by atoms with E-state index in [1.54, 1.807) is 6.07 Å². The Morgan fingerprint density at radius 1 is 1.26 bits per heavy atom. The van der Waals surface area contributed by atoms with Crippen molar-refractivity contribution >= 4 is 23.4 Å². The number of nitrogens with zero attached hydrogens (tertiary/aromatic N) is 3. The quantitative estimate of drug-likeness (QED) is 0.577. The summed E-state index contributed by atoms with van der Waals surface area (Å²) in [7, 11) is 0. The van der Waals surface area contributed by atoms with E-state index in [4.69, 9.17) is 4.42 Å². The number of H-pyrrole nitrogens is 1. The number of benzene rings is 1. The first-order valence-electron chi connectivity index (χ1n) is 7.80. The molecule has 0 aliphatic carbocycles. The van der Waals surface area contributed by atoms with Crippen LogP contribution >= 0.6 is 11.8 Å². The van der Waals surface area contributed by atoms with E-state index in [2.05, 4.69) is 20.5 Å². The van der Waals surface area contributed by atoms with E-state index in [0.29, 0.717) is 0 Å². The van der Waals surface area contributed by atoms with Gasteiger partial charge in [-0.2, -0.15) is 0 Å². The maximum absolute atomic E-state index is 13.5. The summed E-state index contributed by atoms with van der Waals surface area (Å²) in [6, 6.07) is 7.09. The third kappa shape index (κ3) is 5.14. The Labute approximate surface area is 155 Å². The zero-order valence-corrected chi connectivity index (χ0v) is 14.7. The molecule has 1 amide bonds. The molecule has 0 saturated heterocycles. The van der Waals surface area contributed by atoms with Gasteiger partial charge in [0.1, 0.15) is 5.82 Å². The average molecular weight is 391 g/mol. The molecule has 0 aliphatic heterocycles. The second-order valence-corrected chi connectivity index (χ2v) is 6.26. The molecule has 9 nitrogen and oxygen atoms in total. The van der Waals surface area contributed by atoms with Gasteiger partial charge in [-0.3, -0.25) is 14.6 Å². The molecule has 0 saturated carbocycles. The molecule has 0 radical (unpaired) electrons. The zero-order chi connectivity index (χ0) is 19.2. The molecular formula is C16H14FN5O4S. The van der Waals surface area contributed by atoms with Gasteiger partial charge in [-0.25, -0.2) is 9.18 Å². The molecule has 0 unspecified atom stereocenters. The van der Waals surface area contributed by atoms with E-state index >= 15 is 0 Å². The van der Waals surface area contributed by atoms with Gasteiger partial charge in [-0.1, -0.05) is 23.9 Å². The zero-order valence-electron chi connectivity index (χ0n) is 13.8. The van der Waals surface area contributed by atoms with Crippen LogP contribution in [0.5, 0.6) is 0 Å². The Hall–Kier alpha value is -3.21. The number of aryl methyl sites for hydroxylation is 2. The van der Waals surface area contributed by atoms with E-state index in [1.807, 2.05) is 0 Å². The summed E-state index contributed by atoms with van der Waals surface area (Å²) in [6.45, 7) is 0.246. The van der Waals surface area contributed by atoms with Crippen molar-refractivity contribution in [2.24, 2.45) is 0 Å². The smallest absolute Gasteiger partial charge is 0.328 e. The van der Waals surface area contributed by atoms with Crippen molar-refractivity contribution in [3.63, 3.8) is 0 Å². The lowest BCUT2D eigenvalue weighted by Gasteiger charge is -2.04. The number of anilines is 1. The number of thioether (sulfide) groups is 1. The lowest BCUT2D eigenvalue weighted by atomic mass is 10.3. The van der Waals surface area contributed by atoms with Crippen LogP contribution in [0, 0.1) is 5.82 Å². The number of nitrogens with one attached hydrogen (secondary N) is 2. The van der Waals surface area contributed by atoms with Crippen molar-refractivity contribution in [3.8, 4) is 0 Å². The fraction of sp³-hybridized carbons (Fsp3) is 0.188. The number of carbonyl (C=O) groups excluding carboxylic acids is 1. The van der Waals surface area contributed by atoms with Crippen LogP contribution in [0.2, 0.25) is 0 Å². The second-order valence-electron chi connectivity index (χ2n) is 5.33. The monoisotopic (exact) mass is 391 g/mol. The Bertz CT molecular complexity index is 1060. The van der Waals surface area contributed by atoms with Crippen molar-refractivity contribution in [2.45, 2.75) is 18.2 Å². The Morgan fingerprint density at radius 3 is 2.85 bits per heavy atom. The van der Waals surface area contributed by atoms with Crippen molar-refractivity contribution in [3.05, 3.63) is 69.1 Å². The van der Waals surface area contributed by atoms with Gasteiger partial charge in [0.25, 0.3) is 10.8 Å². The number of aromatic nitrogens is 4. The lowest BCUT2D eigenvalue weighted by Crippen LogP contribution is -2.29. The summed E-state index contributed by atoms with van der Waals surface area (Å²) in [6.07, 6.45) is 1.65. The lowest BCUT2D eigenvalue weighted by molar-refractivity contribution is -0.113. The van der Waals surface area contributed by atoms with Gasteiger partial charge in [0, 0.05) is 25.2 Å². The molecule has 3 aromatic rings. The Balaban J connectivity index is 1.50. The highest BCUT2D eigenvalue weighted by atomic mass is 32.2. The van der Waals surface area contributed by atoms with Crippen LogP contribution in [0.25, 0.3) is 0 Å². The van der Waals surface area contributed by atoms with Crippen molar-refractivity contribution in [1.82, 2.24) is 19.7 Å². The summed E-state index contributed by atoms with van der Waals surface area (Å²) in [5, 5.41) is 10.3. The van der Waals surface area contributed by atoms with Gasteiger partial charge in [0.2, 0.25) is 11.8 Å². The maximum Gasteiger partial charge on any atom is 0.328 e. The van der Waals surface area contributed by atoms with Crippen molar-refractivity contribution in [1.29, 1.82) is 0 Å². The molecular weight excluding hydrogens is 377 g/mol. The Kier molecular flexibility index (Phi) is 5.81. The normalized spacial score (nSPS) is 10.7. The van der Waals surface area contributed by atoms with Gasteiger partial charge in [-0.05, 0) is 12.1 Å². The molecule has 2 heterocycles. The minimum Gasteiger partial charge on any atom is -0.416 e. The fourth-order valence-electron chi connectivity index (χ4n) is 2.11. The van der Waals surface area contributed by atoms with E-state index in [0.717, 1.165) is 11.8 Å². The van der Waals surface area contributed by atoms with E-state index in [1.165, 1.54) is 35.0 Å². The number of rotatable bonds is 7. The predicted molar refractivity (Wildman–Crippen MR) is 95.1 cm³/mol. The molecule has 3 rings (SSSR count). The summed E-state index contributed by atoms with van der Waals surface area (Å²) >= 11 is 1.01. The third-order valence-electron chi connectivity index (χ3n) is 3.39. The predicted octanol–water partition coefficient (Wildman–Crippen LogP) is 1.03. The minimum atomic E-state index is -0.526. The largest absolute Gasteiger partial charge is 0.416 e. The maximum atomic E-state index is 13.5. The van der Waals surface area contributed by atoms with Gasteiger partial charge in [0.05, 0.1) is 11.4 Å². The highest BCUT2D eigenvalue weighted by molar-refractivity contribution is 7.99. The SMILES string of the molecule is O=C(CSc1nnc(CCn2ccc(=O)[nH]c2=O)o1)Nc1ccccc1F. The number of carbonyl (C=O) groups is 1. The summed E-state index contributed by atoms with van der Waals surface area (Å²) < 4.78 is 20.2. The molecule has 0 spiro atoms. The topological polar surface area (TPSA) is 123 Å². The third-order valence-corrected chi connectivity index (χ3v) is 4.20. The molecule has 11 heteroatoms. The fourth-order valence-corrected chi connectivity index (χ4v) is 2.69. The summed E-state index contributed by atoms with van der Waals surface area (Å²) in [5.41, 5.74) is -0.900. The van der Waals surface area contributed by atoms with Crippen LogP contribution < -0.4 is 16.6 Å². The highest BCUT2D eigenvalue weighted by Crippen LogP contribution is 2.18. The van der Waals surface area contributed by atoms with Crippen molar-refractivity contribution < 1.29 is 13.6 Å². The van der Waals surface area contributed by atoms with Gasteiger partial charge >= 0.3 is 5.69 Å². The second kappa shape index (κ2) is 8.45. The number of hydrogen-bond donors (Lipinski definition) is 2. The van der Waals surface area contributed by atoms with Crippen molar-refractivity contribution in [2.75, 3.05) is 11.1 Å². The molecule has 0 aliphatic rings. The van der Waals surface area contributed by atoms with Crippen LogP contribution in [0.3, 0.4) is 0 Å². The van der Waals surface area contributed by atoms with E-state index in [-0.39, 0.29) is 35.5 Å².